The number of nitrogens with one attached hydrogen (secondary N) is 2. The minimum atomic E-state index is -1.01. The van der Waals surface area contributed by atoms with Crippen molar-refractivity contribution in [2.45, 2.75) is 19.9 Å². The van der Waals surface area contributed by atoms with Gasteiger partial charge in [-0.25, -0.2) is 8.78 Å². The highest BCUT2D eigenvalue weighted by molar-refractivity contribution is 7.18. The lowest BCUT2D eigenvalue weighted by Crippen LogP contribution is -2.47. The number of rotatable bonds is 7. The molecular formula is C21H20F2N4O3S. The quantitative estimate of drug-likeness (QED) is 0.575. The third kappa shape index (κ3) is 5.40. The predicted molar refractivity (Wildman–Crippen MR) is 113 cm³/mol. The summed E-state index contributed by atoms with van der Waals surface area (Å²) in [4.78, 5) is 25.2. The lowest BCUT2D eigenvalue weighted by molar-refractivity contribution is -0.118. The van der Waals surface area contributed by atoms with E-state index in [4.69, 9.17) is 4.74 Å². The maximum Gasteiger partial charge on any atom is 0.254 e. The average molecular weight is 446 g/mol. The van der Waals surface area contributed by atoms with E-state index in [1.165, 1.54) is 0 Å². The molecule has 1 atom stereocenters. The van der Waals surface area contributed by atoms with Crippen molar-refractivity contribution >= 4 is 28.3 Å². The van der Waals surface area contributed by atoms with Gasteiger partial charge in [0.25, 0.3) is 5.91 Å². The summed E-state index contributed by atoms with van der Waals surface area (Å²) in [6, 6.07) is 8.88. The molecule has 0 saturated heterocycles. The molecule has 0 fully saturated rings. The van der Waals surface area contributed by atoms with E-state index >= 15 is 0 Å². The van der Waals surface area contributed by atoms with Gasteiger partial charge in [-0.3, -0.25) is 14.9 Å². The van der Waals surface area contributed by atoms with Crippen LogP contribution in [0.3, 0.4) is 0 Å². The maximum atomic E-state index is 13.9. The maximum absolute atomic E-state index is 13.9. The number of carbonyl (C=O) groups excluding carboxylic acids is 2. The first-order chi connectivity index (χ1) is 14.8. The molecule has 0 radical (unpaired) electrons. The number of benzene rings is 2. The molecule has 162 valence electrons. The van der Waals surface area contributed by atoms with Crippen molar-refractivity contribution in [1.82, 2.24) is 15.5 Å². The van der Waals surface area contributed by atoms with Crippen LogP contribution in [-0.4, -0.2) is 35.2 Å². The first-order valence-electron chi connectivity index (χ1n) is 9.33. The SMILES string of the molecule is COc1cccc(-c2nnc(NC(=O)C(NC(=O)c3ccc(F)cc3F)C(C)C)s2)c1. The molecule has 3 aromatic rings. The monoisotopic (exact) mass is 446 g/mol. The van der Waals surface area contributed by atoms with Crippen LogP contribution < -0.4 is 15.4 Å². The minimum absolute atomic E-state index is 0.246. The van der Waals surface area contributed by atoms with E-state index in [9.17, 15) is 18.4 Å². The number of nitrogens with zero attached hydrogens (tertiary/aromatic N) is 2. The van der Waals surface area contributed by atoms with Gasteiger partial charge in [-0.15, -0.1) is 10.2 Å². The lowest BCUT2D eigenvalue weighted by atomic mass is 10.0. The summed E-state index contributed by atoms with van der Waals surface area (Å²) in [5.41, 5.74) is 0.425. The van der Waals surface area contributed by atoms with E-state index in [0.717, 1.165) is 29.0 Å². The number of carbonyl (C=O) groups is 2. The van der Waals surface area contributed by atoms with Crippen molar-refractivity contribution in [2.75, 3.05) is 12.4 Å². The van der Waals surface area contributed by atoms with Crippen molar-refractivity contribution in [3.63, 3.8) is 0 Å². The molecule has 1 heterocycles. The van der Waals surface area contributed by atoms with Gasteiger partial charge in [0.15, 0.2) is 0 Å². The molecule has 0 saturated carbocycles. The Morgan fingerprint density at radius 1 is 1.10 bits per heavy atom. The minimum Gasteiger partial charge on any atom is -0.497 e. The van der Waals surface area contributed by atoms with Gasteiger partial charge < -0.3 is 10.1 Å². The number of amides is 2. The molecule has 0 aliphatic heterocycles. The summed E-state index contributed by atoms with van der Waals surface area (Å²) >= 11 is 1.16. The number of anilines is 1. The molecule has 1 unspecified atom stereocenters. The van der Waals surface area contributed by atoms with E-state index in [1.807, 2.05) is 12.1 Å². The highest BCUT2D eigenvalue weighted by atomic mass is 32.1. The molecule has 2 amide bonds. The van der Waals surface area contributed by atoms with Crippen LogP contribution in [-0.2, 0) is 4.79 Å². The Labute approximate surface area is 181 Å². The highest BCUT2D eigenvalue weighted by Gasteiger charge is 2.27. The topological polar surface area (TPSA) is 93.2 Å². The van der Waals surface area contributed by atoms with E-state index in [-0.39, 0.29) is 16.6 Å². The Hall–Kier alpha value is -3.40. The number of aromatic nitrogens is 2. The van der Waals surface area contributed by atoms with Crippen LogP contribution in [0.15, 0.2) is 42.5 Å². The Morgan fingerprint density at radius 2 is 1.87 bits per heavy atom. The van der Waals surface area contributed by atoms with Crippen LogP contribution in [0.25, 0.3) is 10.6 Å². The van der Waals surface area contributed by atoms with Crippen molar-refractivity contribution < 1.29 is 23.1 Å². The summed E-state index contributed by atoms with van der Waals surface area (Å²) in [6.07, 6.45) is 0. The molecule has 1 aromatic heterocycles. The van der Waals surface area contributed by atoms with Crippen LogP contribution in [0.1, 0.15) is 24.2 Å². The molecule has 10 heteroatoms. The fraction of sp³-hybridized carbons (Fsp3) is 0.238. The van der Waals surface area contributed by atoms with E-state index in [0.29, 0.717) is 16.8 Å². The van der Waals surface area contributed by atoms with Crippen molar-refractivity contribution in [3.8, 4) is 16.3 Å². The molecule has 0 aliphatic rings. The Kier molecular flexibility index (Phi) is 6.91. The number of ether oxygens (including phenoxy) is 1. The van der Waals surface area contributed by atoms with Crippen LogP contribution in [0.4, 0.5) is 13.9 Å². The summed E-state index contributed by atoms with van der Waals surface area (Å²) in [5.74, 6) is -2.80. The van der Waals surface area contributed by atoms with Gasteiger partial charge >= 0.3 is 0 Å². The van der Waals surface area contributed by atoms with Crippen molar-refractivity contribution in [2.24, 2.45) is 5.92 Å². The normalized spacial score (nSPS) is 11.8. The second-order valence-electron chi connectivity index (χ2n) is 6.95. The molecule has 0 bridgehead atoms. The lowest BCUT2D eigenvalue weighted by Gasteiger charge is -2.21. The molecule has 2 aromatic carbocycles. The number of hydrogen-bond acceptors (Lipinski definition) is 6. The van der Waals surface area contributed by atoms with Gasteiger partial charge in [-0.1, -0.05) is 37.3 Å². The highest BCUT2D eigenvalue weighted by Crippen LogP contribution is 2.29. The van der Waals surface area contributed by atoms with Gasteiger partial charge in [0, 0.05) is 11.6 Å². The van der Waals surface area contributed by atoms with Gasteiger partial charge in [-0.2, -0.15) is 0 Å². The molecule has 31 heavy (non-hydrogen) atoms. The van der Waals surface area contributed by atoms with Crippen LogP contribution in [0.5, 0.6) is 5.75 Å². The molecular weight excluding hydrogens is 426 g/mol. The number of methoxy groups -OCH3 is 1. The molecule has 2 N–H and O–H groups in total. The average Bonchev–Trinajstić information content (AvgIpc) is 3.20. The smallest absolute Gasteiger partial charge is 0.254 e. The first kappa shape index (κ1) is 22.3. The van der Waals surface area contributed by atoms with E-state index in [2.05, 4.69) is 20.8 Å². The third-order valence-corrected chi connectivity index (χ3v) is 5.27. The summed E-state index contributed by atoms with van der Waals surface area (Å²) in [7, 11) is 1.56. The number of hydrogen-bond donors (Lipinski definition) is 2. The van der Waals surface area contributed by atoms with Crippen molar-refractivity contribution in [3.05, 3.63) is 59.7 Å². The molecule has 0 spiro atoms. The van der Waals surface area contributed by atoms with Crippen LogP contribution in [0.2, 0.25) is 0 Å². The summed E-state index contributed by atoms with van der Waals surface area (Å²) in [6.45, 7) is 3.46. The zero-order valence-electron chi connectivity index (χ0n) is 17.0. The standard InChI is InChI=1S/C21H20F2N4O3S/c1-11(2)17(24-18(28)15-8-7-13(22)10-16(15)23)19(29)25-21-27-26-20(31-21)12-5-4-6-14(9-12)30-3/h4-11,17H,1-3H3,(H,24,28)(H,25,27,29). The molecule has 0 aliphatic carbocycles. The number of halogens is 2. The Bertz CT molecular complexity index is 1100. The Balaban J connectivity index is 1.72. The first-order valence-corrected chi connectivity index (χ1v) is 10.1. The zero-order valence-corrected chi connectivity index (χ0v) is 17.8. The van der Waals surface area contributed by atoms with Crippen LogP contribution >= 0.6 is 11.3 Å². The summed E-state index contributed by atoms with van der Waals surface area (Å²) in [5, 5.41) is 14.0. The van der Waals surface area contributed by atoms with Gasteiger partial charge in [0.1, 0.15) is 28.4 Å². The van der Waals surface area contributed by atoms with E-state index < -0.39 is 29.5 Å². The fourth-order valence-corrected chi connectivity index (χ4v) is 3.50. The van der Waals surface area contributed by atoms with E-state index in [1.54, 1.807) is 33.1 Å². The zero-order chi connectivity index (χ0) is 22.5. The largest absolute Gasteiger partial charge is 0.497 e. The van der Waals surface area contributed by atoms with Crippen LogP contribution in [0, 0.1) is 17.6 Å². The molecule has 7 nitrogen and oxygen atoms in total. The summed E-state index contributed by atoms with van der Waals surface area (Å²) < 4.78 is 32.2. The Morgan fingerprint density at radius 3 is 2.55 bits per heavy atom. The second-order valence-corrected chi connectivity index (χ2v) is 7.93. The predicted octanol–water partition coefficient (Wildman–Crippen LogP) is 3.89. The van der Waals surface area contributed by atoms with Gasteiger partial charge in [-0.05, 0) is 30.2 Å². The fourth-order valence-electron chi connectivity index (χ4n) is 2.76. The second kappa shape index (κ2) is 9.61. The van der Waals surface area contributed by atoms with Gasteiger partial charge in [0.2, 0.25) is 11.0 Å². The third-order valence-electron chi connectivity index (χ3n) is 4.38. The molecule has 3 rings (SSSR count). The van der Waals surface area contributed by atoms with Gasteiger partial charge in [0.05, 0.1) is 12.7 Å². The van der Waals surface area contributed by atoms with Crippen molar-refractivity contribution in [1.29, 1.82) is 0 Å².